The monoisotopic (exact) mass is 312 g/mol. The van der Waals surface area contributed by atoms with Gasteiger partial charge in [-0.2, -0.15) is 0 Å². The van der Waals surface area contributed by atoms with Crippen LogP contribution in [0.15, 0.2) is 54.6 Å². The Morgan fingerprint density at radius 1 is 0.826 bits per heavy atom. The number of aromatic hydroxyl groups is 1. The molecule has 3 heteroatoms. The SMILES string of the molecule is O=C(CCCCc1ccccc1)OCCCc1ccc(O)cc1. The molecule has 0 spiro atoms. The summed E-state index contributed by atoms with van der Waals surface area (Å²) < 4.78 is 5.25. The molecule has 0 fully saturated rings. The highest BCUT2D eigenvalue weighted by atomic mass is 16.5. The van der Waals surface area contributed by atoms with Gasteiger partial charge in [-0.25, -0.2) is 0 Å². The van der Waals surface area contributed by atoms with E-state index in [-0.39, 0.29) is 11.7 Å². The fourth-order valence-corrected chi connectivity index (χ4v) is 2.44. The average Bonchev–Trinajstić information content (AvgIpc) is 2.58. The third-order valence-electron chi connectivity index (χ3n) is 3.75. The molecule has 0 unspecified atom stereocenters. The van der Waals surface area contributed by atoms with Crippen molar-refractivity contribution in [1.82, 2.24) is 0 Å². The molecule has 0 atom stereocenters. The minimum atomic E-state index is -0.108. The van der Waals surface area contributed by atoms with Gasteiger partial charge in [0.15, 0.2) is 0 Å². The molecule has 0 aliphatic heterocycles. The maximum atomic E-state index is 11.7. The van der Waals surface area contributed by atoms with Crippen molar-refractivity contribution in [2.24, 2.45) is 0 Å². The number of phenolic OH excluding ortho intramolecular Hbond substituents is 1. The maximum Gasteiger partial charge on any atom is 0.305 e. The van der Waals surface area contributed by atoms with Crippen LogP contribution in [-0.4, -0.2) is 17.7 Å². The molecule has 0 aliphatic rings. The van der Waals surface area contributed by atoms with Crippen LogP contribution >= 0.6 is 0 Å². The Hall–Kier alpha value is -2.29. The zero-order chi connectivity index (χ0) is 16.3. The van der Waals surface area contributed by atoms with E-state index in [4.69, 9.17) is 4.74 Å². The summed E-state index contributed by atoms with van der Waals surface area (Å²) in [7, 11) is 0. The van der Waals surface area contributed by atoms with Gasteiger partial charge in [-0.1, -0.05) is 42.5 Å². The molecule has 0 saturated heterocycles. The van der Waals surface area contributed by atoms with Gasteiger partial charge in [-0.05, 0) is 55.4 Å². The van der Waals surface area contributed by atoms with Crippen molar-refractivity contribution in [2.75, 3.05) is 6.61 Å². The molecule has 0 radical (unpaired) electrons. The summed E-state index contributed by atoms with van der Waals surface area (Å²) in [6.07, 6.45) is 5.03. The molecule has 2 aromatic rings. The van der Waals surface area contributed by atoms with Gasteiger partial charge in [-0.3, -0.25) is 4.79 Å². The summed E-state index contributed by atoms with van der Waals surface area (Å²) in [5.41, 5.74) is 2.46. The summed E-state index contributed by atoms with van der Waals surface area (Å²) >= 11 is 0. The summed E-state index contributed by atoms with van der Waals surface area (Å²) in [5, 5.41) is 9.21. The number of carbonyl (C=O) groups excluding carboxylic acids is 1. The molecule has 2 aromatic carbocycles. The Bertz CT molecular complexity index is 576. The zero-order valence-corrected chi connectivity index (χ0v) is 13.4. The van der Waals surface area contributed by atoms with Crippen LogP contribution < -0.4 is 0 Å². The first-order valence-corrected chi connectivity index (χ1v) is 8.21. The number of ether oxygens (including phenoxy) is 1. The number of rotatable bonds is 9. The van der Waals surface area contributed by atoms with Crippen molar-refractivity contribution in [1.29, 1.82) is 0 Å². The first-order valence-electron chi connectivity index (χ1n) is 8.21. The fourth-order valence-electron chi connectivity index (χ4n) is 2.44. The molecule has 0 saturated carbocycles. The quantitative estimate of drug-likeness (QED) is 0.555. The van der Waals surface area contributed by atoms with Gasteiger partial charge >= 0.3 is 5.97 Å². The van der Waals surface area contributed by atoms with Crippen LogP contribution in [0, 0.1) is 0 Å². The summed E-state index contributed by atoms with van der Waals surface area (Å²) in [4.78, 5) is 11.7. The molecule has 0 aromatic heterocycles. The first-order chi connectivity index (χ1) is 11.2. The maximum absolute atomic E-state index is 11.7. The van der Waals surface area contributed by atoms with Gasteiger partial charge in [0.2, 0.25) is 0 Å². The normalized spacial score (nSPS) is 10.4. The van der Waals surface area contributed by atoms with Gasteiger partial charge in [0, 0.05) is 6.42 Å². The Kier molecular flexibility index (Phi) is 7.18. The topological polar surface area (TPSA) is 46.5 Å². The van der Waals surface area contributed by atoms with E-state index in [1.54, 1.807) is 12.1 Å². The van der Waals surface area contributed by atoms with E-state index in [0.29, 0.717) is 13.0 Å². The smallest absolute Gasteiger partial charge is 0.305 e. The molecule has 2 rings (SSSR count). The van der Waals surface area contributed by atoms with Gasteiger partial charge in [-0.15, -0.1) is 0 Å². The number of hydrogen-bond donors (Lipinski definition) is 1. The zero-order valence-electron chi connectivity index (χ0n) is 13.4. The van der Waals surface area contributed by atoms with Crippen LogP contribution in [0.25, 0.3) is 0 Å². The average molecular weight is 312 g/mol. The van der Waals surface area contributed by atoms with Crippen LogP contribution in [0.5, 0.6) is 5.75 Å². The number of unbranched alkanes of at least 4 members (excludes halogenated alkanes) is 1. The van der Waals surface area contributed by atoms with Gasteiger partial charge in [0.1, 0.15) is 5.75 Å². The Morgan fingerprint density at radius 3 is 2.22 bits per heavy atom. The fraction of sp³-hybridized carbons (Fsp3) is 0.350. The minimum Gasteiger partial charge on any atom is -0.508 e. The second kappa shape index (κ2) is 9.67. The Morgan fingerprint density at radius 2 is 1.48 bits per heavy atom. The van der Waals surface area contributed by atoms with Crippen molar-refractivity contribution in [3.05, 3.63) is 65.7 Å². The van der Waals surface area contributed by atoms with Crippen molar-refractivity contribution in [3.8, 4) is 5.75 Å². The summed E-state index contributed by atoms with van der Waals surface area (Å²) in [5.74, 6) is 0.166. The third-order valence-corrected chi connectivity index (χ3v) is 3.75. The molecular formula is C20H24O3. The predicted molar refractivity (Wildman–Crippen MR) is 91.4 cm³/mol. The van der Waals surface area contributed by atoms with Crippen molar-refractivity contribution in [3.63, 3.8) is 0 Å². The molecule has 1 N–H and O–H groups in total. The molecule has 3 nitrogen and oxygen atoms in total. The lowest BCUT2D eigenvalue weighted by Crippen LogP contribution is -2.06. The number of benzene rings is 2. The van der Waals surface area contributed by atoms with Crippen LogP contribution in [-0.2, 0) is 22.4 Å². The predicted octanol–water partition coefficient (Wildman–Crippen LogP) is 4.28. The first kappa shape index (κ1) is 17.1. The van der Waals surface area contributed by atoms with Crippen LogP contribution in [0.4, 0.5) is 0 Å². The van der Waals surface area contributed by atoms with E-state index in [1.807, 2.05) is 30.3 Å². The molecule has 122 valence electrons. The molecule has 0 amide bonds. The molecule has 23 heavy (non-hydrogen) atoms. The lowest BCUT2D eigenvalue weighted by Gasteiger charge is -2.05. The lowest BCUT2D eigenvalue weighted by atomic mass is 10.1. The number of carbonyl (C=O) groups is 1. The highest BCUT2D eigenvalue weighted by Crippen LogP contribution is 2.11. The number of phenols is 1. The van der Waals surface area contributed by atoms with E-state index in [9.17, 15) is 9.90 Å². The Balaban J connectivity index is 1.51. The van der Waals surface area contributed by atoms with Gasteiger partial charge in [0.05, 0.1) is 6.61 Å². The van der Waals surface area contributed by atoms with Crippen molar-refractivity contribution < 1.29 is 14.6 Å². The van der Waals surface area contributed by atoms with E-state index < -0.39 is 0 Å². The lowest BCUT2D eigenvalue weighted by molar-refractivity contribution is -0.143. The van der Waals surface area contributed by atoms with Gasteiger partial charge < -0.3 is 9.84 Å². The summed E-state index contributed by atoms with van der Waals surface area (Å²) in [6, 6.07) is 17.4. The second-order valence-corrected chi connectivity index (χ2v) is 5.68. The number of esters is 1. The van der Waals surface area contributed by atoms with Crippen molar-refractivity contribution >= 4 is 5.97 Å². The molecular weight excluding hydrogens is 288 g/mol. The molecule has 0 bridgehead atoms. The van der Waals surface area contributed by atoms with Crippen molar-refractivity contribution in [2.45, 2.75) is 38.5 Å². The molecule has 0 heterocycles. The van der Waals surface area contributed by atoms with Crippen LogP contribution in [0.2, 0.25) is 0 Å². The minimum absolute atomic E-state index is 0.108. The Labute approximate surface area is 137 Å². The number of hydrogen-bond acceptors (Lipinski definition) is 3. The van der Waals surface area contributed by atoms with Crippen LogP contribution in [0.1, 0.15) is 36.8 Å². The largest absolute Gasteiger partial charge is 0.508 e. The summed E-state index contributed by atoms with van der Waals surface area (Å²) in [6.45, 7) is 0.457. The van der Waals surface area contributed by atoms with E-state index in [2.05, 4.69) is 12.1 Å². The highest BCUT2D eigenvalue weighted by molar-refractivity contribution is 5.69. The van der Waals surface area contributed by atoms with E-state index in [1.165, 1.54) is 5.56 Å². The van der Waals surface area contributed by atoms with E-state index >= 15 is 0 Å². The standard InChI is InChI=1S/C20H24O3/c21-19-14-12-18(13-15-19)10-6-16-23-20(22)11-5-4-9-17-7-2-1-3-8-17/h1-3,7-8,12-15,21H,4-6,9-11,16H2. The van der Waals surface area contributed by atoms with Crippen LogP contribution in [0.3, 0.4) is 0 Å². The molecule has 0 aliphatic carbocycles. The highest BCUT2D eigenvalue weighted by Gasteiger charge is 2.03. The third kappa shape index (κ3) is 7.00. The van der Waals surface area contributed by atoms with Gasteiger partial charge in [0.25, 0.3) is 0 Å². The van der Waals surface area contributed by atoms with E-state index in [0.717, 1.165) is 37.7 Å². The number of aryl methyl sites for hydroxylation is 2. The second-order valence-electron chi connectivity index (χ2n) is 5.68.